The minimum atomic E-state index is -3.98. The van der Waals surface area contributed by atoms with Gasteiger partial charge in [0.05, 0.1) is 28.8 Å². The maximum absolute atomic E-state index is 13.0. The topological polar surface area (TPSA) is 93.7 Å². The largest absolute Gasteiger partial charge is 0.490 e. The second-order valence-corrected chi connectivity index (χ2v) is 9.60. The zero-order valence-electron chi connectivity index (χ0n) is 17.1. The van der Waals surface area contributed by atoms with E-state index in [9.17, 15) is 13.2 Å². The van der Waals surface area contributed by atoms with Gasteiger partial charge >= 0.3 is 0 Å². The highest BCUT2D eigenvalue weighted by Crippen LogP contribution is 2.32. The van der Waals surface area contributed by atoms with Gasteiger partial charge in [-0.05, 0) is 42.7 Å². The van der Waals surface area contributed by atoms with E-state index >= 15 is 0 Å². The van der Waals surface area contributed by atoms with Crippen LogP contribution in [-0.2, 0) is 14.8 Å². The number of sulfonamides is 1. The first-order chi connectivity index (χ1) is 14.2. The van der Waals surface area contributed by atoms with Crippen LogP contribution in [0.2, 0.25) is 5.02 Å². The van der Waals surface area contributed by atoms with Gasteiger partial charge in [0, 0.05) is 12.5 Å². The molecule has 1 amide bonds. The van der Waals surface area contributed by atoms with Gasteiger partial charge in [-0.25, -0.2) is 8.42 Å². The zero-order valence-corrected chi connectivity index (χ0v) is 18.6. The Morgan fingerprint density at radius 1 is 1.07 bits per heavy atom. The molecule has 0 bridgehead atoms. The molecule has 1 atom stereocenters. The number of amides is 1. The lowest BCUT2D eigenvalue weighted by Gasteiger charge is -2.22. The highest BCUT2D eigenvalue weighted by molar-refractivity contribution is 7.89. The Labute approximate surface area is 181 Å². The third kappa shape index (κ3) is 5.24. The number of carbonyl (C=O) groups excluding carboxylic acids is 1. The molecule has 0 saturated heterocycles. The summed E-state index contributed by atoms with van der Waals surface area (Å²) in [6.07, 6.45) is 0.714. The van der Waals surface area contributed by atoms with Crippen LogP contribution in [0.3, 0.4) is 0 Å². The summed E-state index contributed by atoms with van der Waals surface area (Å²) in [4.78, 5) is 12.8. The van der Waals surface area contributed by atoms with E-state index in [0.717, 1.165) is 5.56 Å². The maximum atomic E-state index is 13.0. The molecule has 1 heterocycles. The fourth-order valence-corrected chi connectivity index (χ4v) is 4.61. The zero-order chi connectivity index (χ0) is 21.9. The van der Waals surface area contributed by atoms with Crippen molar-refractivity contribution >= 4 is 33.2 Å². The van der Waals surface area contributed by atoms with Gasteiger partial charge in [0.15, 0.2) is 11.5 Å². The van der Waals surface area contributed by atoms with Crippen LogP contribution in [0, 0.1) is 12.8 Å². The van der Waals surface area contributed by atoms with Gasteiger partial charge in [0.1, 0.15) is 6.04 Å². The average molecular weight is 453 g/mol. The van der Waals surface area contributed by atoms with E-state index < -0.39 is 22.0 Å². The molecule has 1 aliphatic heterocycles. The van der Waals surface area contributed by atoms with Crippen molar-refractivity contribution in [2.24, 2.45) is 5.92 Å². The molecular weight excluding hydrogens is 428 g/mol. The van der Waals surface area contributed by atoms with E-state index in [1.807, 2.05) is 13.0 Å². The van der Waals surface area contributed by atoms with E-state index in [-0.39, 0.29) is 10.8 Å². The Hall–Kier alpha value is -2.29. The van der Waals surface area contributed by atoms with Crippen molar-refractivity contribution < 1.29 is 22.7 Å². The Morgan fingerprint density at radius 3 is 2.43 bits per heavy atom. The number of anilines is 1. The van der Waals surface area contributed by atoms with Gasteiger partial charge in [0.25, 0.3) is 0 Å². The first-order valence-corrected chi connectivity index (χ1v) is 11.5. The van der Waals surface area contributed by atoms with Crippen LogP contribution in [0.15, 0.2) is 41.3 Å². The van der Waals surface area contributed by atoms with Crippen molar-refractivity contribution in [1.29, 1.82) is 0 Å². The third-order valence-corrected chi connectivity index (χ3v) is 6.39. The van der Waals surface area contributed by atoms with Gasteiger partial charge < -0.3 is 14.8 Å². The Kier molecular flexibility index (Phi) is 6.90. The van der Waals surface area contributed by atoms with E-state index in [2.05, 4.69) is 10.0 Å². The smallest absolute Gasteiger partial charge is 0.242 e. The molecule has 2 N–H and O–H groups in total. The number of fused-ring (bicyclic) bond motifs is 1. The van der Waals surface area contributed by atoms with Gasteiger partial charge in [-0.3, -0.25) is 4.79 Å². The fourth-order valence-electron chi connectivity index (χ4n) is 2.97. The van der Waals surface area contributed by atoms with Crippen LogP contribution in [0.5, 0.6) is 11.5 Å². The maximum Gasteiger partial charge on any atom is 0.242 e. The number of halogens is 1. The molecule has 3 rings (SSSR count). The van der Waals surface area contributed by atoms with Gasteiger partial charge in [-0.1, -0.05) is 31.5 Å². The molecule has 0 saturated carbocycles. The predicted molar refractivity (Wildman–Crippen MR) is 116 cm³/mol. The molecular formula is C21H25ClN2O5S. The fraction of sp³-hybridized carbons (Fsp3) is 0.381. The summed E-state index contributed by atoms with van der Waals surface area (Å²) in [6, 6.07) is 8.63. The van der Waals surface area contributed by atoms with E-state index in [1.54, 1.807) is 32.0 Å². The third-order valence-electron chi connectivity index (χ3n) is 4.64. The summed E-state index contributed by atoms with van der Waals surface area (Å²) in [6.45, 7) is 6.36. The van der Waals surface area contributed by atoms with Crippen LogP contribution in [0.4, 0.5) is 5.69 Å². The molecule has 162 valence electrons. The molecule has 2 aromatic rings. The Morgan fingerprint density at radius 2 is 1.77 bits per heavy atom. The highest BCUT2D eigenvalue weighted by Gasteiger charge is 2.29. The van der Waals surface area contributed by atoms with Crippen molar-refractivity contribution in [3.63, 3.8) is 0 Å². The summed E-state index contributed by atoms with van der Waals surface area (Å²) in [5.74, 6) is 0.0732. The molecule has 2 aromatic carbocycles. The summed E-state index contributed by atoms with van der Waals surface area (Å²) in [5.41, 5.74) is 1.38. The standard InChI is InChI=1S/C21H25ClN2O5S/c1-13(2)20(21(25)23-17-7-5-14(3)11-16(17)22)24-30(26,27)15-6-8-18-19(12-15)29-10-4-9-28-18/h5-8,11-13,20,24H,4,9-10H2,1-3H3,(H,23,25). The van der Waals surface area contributed by atoms with Gasteiger partial charge in [-0.15, -0.1) is 0 Å². The molecule has 0 radical (unpaired) electrons. The summed E-state index contributed by atoms with van der Waals surface area (Å²) < 4.78 is 39.6. The SMILES string of the molecule is Cc1ccc(NC(=O)C(NS(=O)(=O)c2ccc3c(c2)OCCCO3)C(C)C)c(Cl)c1. The number of hydrogen-bond donors (Lipinski definition) is 2. The Balaban J connectivity index is 1.81. The van der Waals surface area contributed by atoms with Gasteiger partial charge in [-0.2, -0.15) is 4.72 Å². The van der Waals surface area contributed by atoms with Crippen molar-refractivity contribution in [2.45, 2.75) is 38.1 Å². The number of aryl methyl sites for hydroxylation is 1. The van der Waals surface area contributed by atoms with Crippen LogP contribution >= 0.6 is 11.6 Å². The predicted octanol–water partition coefficient (Wildman–Crippen LogP) is 3.75. The molecule has 0 aliphatic carbocycles. The molecule has 9 heteroatoms. The normalized spacial score (nSPS) is 14.8. The number of carbonyl (C=O) groups is 1. The first-order valence-electron chi connectivity index (χ1n) is 9.66. The van der Waals surface area contributed by atoms with Crippen LogP contribution in [0.1, 0.15) is 25.8 Å². The van der Waals surface area contributed by atoms with E-state index in [4.69, 9.17) is 21.1 Å². The number of hydrogen-bond acceptors (Lipinski definition) is 5. The molecule has 0 spiro atoms. The number of ether oxygens (including phenoxy) is 2. The van der Waals surface area contributed by atoms with Crippen LogP contribution in [-0.4, -0.2) is 33.6 Å². The van der Waals surface area contributed by atoms with Crippen molar-refractivity contribution in [3.05, 3.63) is 47.0 Å². The van der Waals surface area contributed by atoms with Gasteiger partial charge in [0.2, 0.25) is 15.9 Å². The second-order valence-electron chi connectivity index (χ2n) is 7.47. The minimum absolute atomic E-state index is 0.00133. The van der Waals surface area contributed by atoms with Crippen molar-refractivity contribution in [3.8, 4) is 11.5 Å². The second kappa shape index (κ2) is 9.24. The number of nitrogens with one attached hydrogen (secondary N) is 2. The minimum Gasteiger partial charge on any atom is -0.490 e. The number of rotatable bonds is 6. The average Bonchev–Trinajstić information content (AvgIpc) is 2.93. The van der Waals surface area contributed by atoms with Crippen molar-refractivity contribution in [1.82, 2.24) is 4.72 Å². The molecule has 7 nitrogen and oxygen atoms in total. The van der Waals surface area contributed by atoms with E-state index in [0.29, 0.717) is 41.8 Å². The lowest BCUT2D eigenvalue weighted by atomic mass is 10.0. The molecule has 30 heavy (non-hydrogen) atoms. The highest BCUT2D eigenvalue weighted by atomic mass is 35.5. The van der Waals surface area contributed by atoms with E-state index in [1.165, 1.54) is 12.1 Å². The Bertz CT molecular complexity index is 1040. The molecule has 0 fully saturated rings. The lowest BCUT2D eigenvalue weighted by molar-refractivity contribution is -0.118. The first kappa shape index (κ1) is 22.4. The molecule has 1 unspecified atom stereocenters. The monoisotopic (exact) mass is 452 g/mol. The number of benzene rings is 2. The molecule has 0 aromatic heterocycles. The van der Waals surface area contributed by atoms with Crippen LogP contribution in [0.25, 0.3) is 0 Å². The summed E-state index contributed by atoms with van der Waals surface area (Å²) in [7, 11) is -3.98. The van der Waals surface area contributed by atoms with Crippen LogP contribution < -0.4 is 19.5 Å². The summed E-state index contributed by atoms with van der Waals surface area (Å²) in [5, 5.41) is 3.09. The molecule has 1 aliphatic rings. The van der Waals surface area contributed by atoms with Crippen molar-refractivity contribution in [2.75, 3.05) is 18.5 Å². The quantitative estimate of drug-likeness (QED) is 0.696. The summed E-state index contributed by atoms with van der Waals surface area (Å²) >= 11 is 6.19. The lowest BCUT2D eigenvalue weighted by Crippen LogP contribution is -2.47.